The van der Waals surface area contributed by atoms with E-state index in [9.17, 15) is 19.8 Å². The van der Waals surface area contributed by atoms with Crippen molar-refractivity contribution in [3.63, 3.8) is 0 Å². The molecule has 0 fully saturated rings. The average Bonchev–Trinajstić information content (AvgIpc) is 3.29. The zero-order valence-corrected chi connectivity index (χ0v) is 42.4. The van der Waals surface area contributed by atoms with E-state index >= 15 is 0 Å². The largest absolute Gasteiger partial charge is 0.462 e. The Morgan fingerprint density at radius 2 is 0.844 bits per heavy atom. The third kappa shape index (κ3) is 46.1. The summed E-state index contributed by atoms with van der Waals surface area (Å²) in [6.07, 6.45) is 64.4. The zero-order chi connectivity index (χ0) is 46.7. The molecule has 0 aromatic rings. The summed E-state index contributed by atoms with van der Waals surface area (Å²) in [5.74, 6) is -0.537. The van der Waals surface area contributed by atoms with Crippen LogP contribution in [0.2, 0.25) is 0 Å². The Balaban J connectivity index is 4.59. The smallest absolute Gasteiger partial charge is 0.306 e. The molecule has 0 heterocycles. The van der Waals surface area contributed by atoms with Crippen LogP contribution in [0, 0.1) is 0 Å². The summed E-state index contributed by atoms with van der Waals surface area (Å²) in [6.45, 7) is 6.34. The van der Waals surface area contributed by atoms with Crippen LogP contribution in [0.5, 0.6) is 0 Å². The first-order valence-electron chi connectivity index (χ1n) is 27.6. The molecule has 1 amide bonds. The molecule has 0 radical (unpaired) electrons. The summed E-state index contributed by atoms with van der Waals surface area (Å²) in [5.41, 5.74) is 0. The van der Waals surface area contributed by atoms with Crippen LogP contribution in [0.1, 0.15) is 271 Å². The molecule has 0 saturated carbocycles. The number of aliphatic hydroxyl groups is 2. The third-order valence-corrected chi connectivity index (χ3v) is 12.5. The first kappa shape index (κ1) is 61.6. The highest BCUT2D eigenvalue weighted by atomic mass is 16.5. The minimum Gasteiger partial charge on any atom is -0.462 e. The number of carbonyl (C=O) groups is 2. The molecule has 0 saturated heterocycles. The van der Waals surface area contributed by atoms with Gasteiger partial charge in [0.05, 0.1) is 25.2 Å². The molecule has 0 aromatic carbocycles. The number of esters is 1. The first-order chi connectivity index (χ1) is 31.5. The highest BCUT2D eigenvalue weighted by molar-refractivity contribution is 5.77. The molecule has 3 N–H and O–H groups in total. The molecule has 0 aromatic heterocycles. The van der Waals surface area contributed by atoms with Crippen molar-refractivity contribution in [1.29, 1.82) is 0 Å². The Labute approximate surface area is 397 Å². The molecule has 3 atom stereocenters. The van der Waals surface area contributed by atoms with E-state index in [4.69, 9.17) is 4.74 Å². The van der Waals surface area contributed by atoms with Crippen molar-refractivity contribution in [3.8, 4) is 0 Å². The number of allylic oxidation sites excluding steroid dienone is 10. The predicted octanol–water partition coefficient (Wildman–Crippen LogP) is 16.8. The van der Waals surface area contributed by atoms with Gasteiger partial charge in [-0.25, -0.2) is 0 Å². The summed E-state index contributed by atoms with van der Waals surface area (Å²) in [4.78, 5) is 26.2. The van der Waals surface area contributed by atoms with Crippen LogP contribution < -0.4 is 5.32 Å². The van der Waals surface area contributed by atoms with E-state index in [0.29, 0.717) is 19.3 Å². The van der Waals surface area contributed by atoms with E-state index in [1.807, 2.05) is 48.6 Å². The second-order valence-corrected chi connectivity index (χ2v) is 18.7. The molecule has 0 aliphatic carbocycles. The van der Waals surface area contributed by atoms with Gasteiger partial charge in [-0.05, 0) is 38.5 Å². The van der Waals surface area contributed by atoms with Gasteiger partial charge in [0.25, 0.3) is 0 Å². The van der Waals surface area contributed by atoms with Gasteiger partial charge in [0.1, 0.15) is 6.10 Å². The van der Waals surface area contributed by atoms with E-state index < -0.39 is 18.2 Å². The molecule has 0 bridgehead atoms. The van der Waals surface area contributed by atoms with Crippen molar-refractivity contribution >= 4 is 11.9 Å². The van der Waals surface area contributed by atoms with E-state index in [1.165, 1.54) is 167 Å². The van der Waals surface area contributed by atoms with Gasteiger partial charge in [-0.1, -0.05) is 281 Å². The molecule has 0 aliphatic heterocycles. The van der Waals surface area contributed by atoms with Crippen molar-refractivity contribution in [2.45, 2.75) is 289 Å². The highest BCUT2D eigenvalue weighted by Gasteiger charge is 2.24. The van der Waals surface area contributed by atoms with Crippen LogP contribution in [-0.4, -0.2) is 46.9 Å². The predicted molar refractivity (Wildman–Crippen MR) is 278 cm³/mol. The zero-order valence-electron chi connectivity index (χ0n) is 42.4. The van der Waals surface area contributed by atoms with Crippen LogP contribution in [0.4, 0.5) is 0 Å². The second kappa shape index (κ2) is 51.5. The molecule has 0 aliphatic rings. The Morgan fingerprint density at radius 3 is 1.25 bits per heavy atom. The lowest BCUT2D eigenvalue weighted by molar-refractivity contribution is -0.151. The molecule has 0 spiro atoms. The van der Waals surface area contributed by atoms with Gasteiger partial charge in [0, 0.05) is 6.42 Å². The number of unbranched alkanes of at least 4 members (excludes halogenated alkanes) is 31. The highest BCUT2D eigenvalue weighted by Crippen LogP contribution is 2.18. The molecule has 0 rings (SSSR count). The van der Waals surface area contributed by atoms with E-state index in [2.05, 4.69) is 38.2 Å². The van der Waals surface area contributed by atoms with Gasteiger partial charge in [-0.15, -0.1) is 0 Å². The topological polar surface area (TPSA) is 95.9 Å². The van der Waals surface area contributed by atoms with Crippen molar-refractivity contribution in [2.24, 2.45) is 0 Å². The summed E-state index contributed by atoms with van der Waals surface area (Å²) in [5, 5.41) is 23.8. The normalized spacial score (nSPS) is 13.6. The van der Waals surface area contributed by atoms with Gasteiger partial charge in [-0.2, -0.15) is 0 Å². The number of aliphatic hydroxyl groups excluding tert-OH is 2. The number of nitrogens with one attached hydrogen (secondary N) is 1. The summed E-state index contributed by atoms with van der Waals surface area (Å²) in [6, 6.07) is -0.725. The Kier molecular flexibility index (Phi) is 49.6. The maximum atomic E-state index is 13.2. The Bertz CT molecular complexity index is 1140. The number of ether oxygens (including phenoxy) is 1. The summed E-state index contributed by atoms with van der Waals surface area (Å²) < 4.78 is 5.91. The lowest BCUT2D eigenvalue weighted by Crippen LogP contribution is -2.46. The summed E-state index contributed by atoms with van der Waals surface area (Å²) >= 11 is 0. The van der Waals surface area contributed by atoms with Crippen LogP contribution in [-0.2, 0) is 14.3 Å². The molecular weight excluding hydrogens is 791 g/mol. The fraction of sp³-hybridized carbons (Fsp3) is 0.793. The monoisotopic (exact) mass is 896 g/mol. The van der Waals surface area contributed by atoms with Gasteiger partial charge in [0.2, 0.25) is 5.91 Å². The quantitative estimate of drug-likeness (QED) is 0.0321. The minimum atomic E-state index is -0.807. The van der Waals surface area contributed by atoms with E-state index in [-0.39, 0.29) is 24.9 Å². The number of hydrogen-bond donors (Lipinski definition) is 3. The van der Waals surface area contributed by atoms with Crippen LogP contribution in [0.15, 0.2) is 60.8 Å². The van der Waals surface area contributed by atoms with Crippen molar-refractivity contribution < 1.29 is 24.5 Å². The third-order valence-electron chi connectivity index (χ3n) is 12.5. The van der Waals surface area contributed by atoms with Crippen LogP contribution in [0.3, 0.4) is 0 Å². The molecule has 6 nitrogen and oxygen atoms in total. The standard InChI is InChI=1S/C58H105NO5/c1-4-7-10-13-16-19-22-25-27-28-30-33-36-39-42-45-48-51-58(63)64-54(49-46-43-40-37-34-31-24-21-18-15-12-9-6-3)52-57(62)59-55(53-60)56(61)50-47-44-41-38-35-32-29-26-23-20-17-14-11-8-5-2/h9,12,15,18,21,24,31,34,37,40,54-56,60-61H,4-8,10-11,13-14,16-17,19-20,22-23,25-30,32-33,35-36,38-39,41-53H2,1-3H3,(H,59,62)/b12-9+,18-15+,24-21-,34-31-,40-37+. The molecule has 372 valence electrons. The second-order valence-electron chi connectivity index (χ2n) is 18.7. The maximum absolute atomic E-state index is 13.2. The molecule has 6 heteroatoms. The fourth-order valence-electron chi connectivity index (χ4n) is 8.34. The number of hydrogen-bond acceptors (Lipinski definition) is 5. The lowest BCUT2D eigenvalue weighted by atomic mass is 10.0. The van der Waals surface area contributed by atoms with Gasteiger partial charge < -0.3 is 20.3 Å². The average molecular weight is 896 g/mol. The van der Waals surface area contributed by atoms with Gasteiger partial charge in [-0.3, -0.25) is 9.59 Å². The van der Waals surface area contributed by atoms with Crippen LogP contribution in [0.25, 0.3) is 0 Å². The van der Waals surface area contributed by atoms with E-state index in [0.717, 1.165) is 57.8 Å². The minimum absolute atomic E-state index is 0.0301. The van der Waals surface area contributed by atoms with Gasteiger partial charge in [0.15, 0.2) is 0 Å². The van der Waals surface area contributed by atoms with E-state index in [1.54, 1.807) is 0 Å². The summed E-state index contributed by atoms with van der Waals surface area (Å²) in [7, 11) is 0. The molecule has 64 heavy (non-hydrogen) atoms. The SMILES string of the molecule is CC/C=C/C=C/C=C\C=C/C=C/CCCC(CC(=O)NC(CO)C(O)CCCCCCCCCCCCCCCCC)OC(=O)CCCCCCCCCCCCCCCCCCC. The molecular formula is C58H105NO5. The lowest BCUT2D eigenvalue weighted by Gasteiger charge is -2.24. The van der Waals surface area contributed by atoms with Crippen molar-refractivity contribution in [1.82, 2.24) is 5.32 Å². The van der Waals surface area contributed by atoms with Crippen LogP contribution >= 0.6 is 0 Å². The Morgan fingerprint density at radius 1 is 0.469 bits per heavy atom. The fourth-order valence-corrected chi connectivity index (χ4v) is 8.34. The number of amides is 1. The van der Waals surface area contributed by atoms with Crippen molar-refractivity contribution in [2.75, 3.05) is 6.61 Å². The Hall–Kier alpha value is -2.44. The van der Waals surface area contributed by atoms with Crippen molar-refractivity contribution in [3.05, 3.63) is 60.8 Å². The number of carbonyl (C=O) groups excluding carboxylic acids is 2. The first-order valence-corrected chi connectivity index (χ1v) is 27.6. The molecule has 3 unspecified atom stereocenters. The maximum Gasteiger partial charge on any atom is 0.306 e. The number of rotatable bonds is 49. The van der Waals surface area contributed by atoms with Gasteiger partial charge >= 0.3 is 5.97 Å².